The molecule has 0 spiro atoms. The number of H-pyrrole nitrogens is 1. The number of nitrogens with zero attached hydrogens (tertiary/aromatic N) is 2. The van der Waals surface area contributed by atoms with E-state index in [1.54, 1.807) is 0 Å². The van der Waals surface area contributed by atoms with E-state index in [-0.39, 0.29) is 0 Å². The fourth-order valence-electron chi connectivity index (χ4n) is 2.33. The van der Waals surface area contributed by atoms with Gasteiger partial charge in [-0.05, 0) is 39.0 Å². The maximum absolute atomic E-state index is 5.64. The van der Waals surface area contributed by atoms with Crippen LogP contribution in [0.1, 0.15) is 18.4 Å². The van der Waals surface area contributed by atoms with Gasteiger partial charge in [-0.15, -0.1) is 0 Å². The Bertz CT molecular complexity index is 779. The Balaban J connectivity index is 2.05. The molecule has 2 N–H and O–H groups in total. The molecular formula is C16H18N4O. The van der Waals surface area contributed by atoms with Gasteiger partial charge in [-0.2, -0.15) is 0 Å². The van der Waals surface area contributed by atoms with E-state index in [4.69, 9.17) is 4.74 Å². The maximum atomic E-state index is 5.64. The van der Waals surface area contributed by atoms with Crippen molar-refractivity contribution < 1.29 is 4.74 Å². The second-order valence-electron chi connectivity index (χ2n) is 4.89. The smallest absolute Gasteiger partial charge is 0.143 e. The number of anilines is 2. The Morgan fingerprint density at radius 3 is 2.81 bits per heavy atom. The highest BCUT2D eigenvalue weighted by atomic mass is 16.5. The van der Waals surface area contributed by atoms with Gasteiger partial charge < -0.3 is 15.0 Å². The first-order valence-corrected chi connectivity index (χ1v) is 7.00. The highest BCUT2D eigenvalue weighted by molar-refractivity contribution is 5.90. The van der Waals surface area contributed by atoms with E-state index < -0.39 is 0 Å². The molecule has 3 aromatic rings. The molecule has 1 aromatic carbocycles. The van der Waals surface area contributed by atoms with Crippen LogP contribution in [0.15, 0.2) is 30.3 Å². The molecule has 0 saturated carbocycles. The Morgan fingerprint density at radius 2 is 2.00 bits per heavy atom. The van der Waals surface area contributed by atoms with Crippen LogP contribution in [0.3, 0.4) is 0 Å². The molecule has 2 aromatic heterocycles. The summed E-state index contributed by atoms with van der Waals surface area (Å²) in [7, 11) is 0. The summed E-state index contributed by atoms with van der Waals surface area (Å²) in [4.78, 5) is 12.2. The fraction of sp³-hybridized carbons (Fsp3) is 0.250. The molecule has 0 aliphatic carbocycles. The lowest BCUT2D eigenvalue weighted by Crippen LogP contribution is -2.01. The number of aromatic amines is 1. The van der Waals surface area contributed by atoms with Crippen molar-refractivity contribution in [3.05, 3.63) is 41.9 Å². The number of benzene rings is 1. The zero-order valence-corrected chi connectivity index (χ0v) is 12.4. The Hall–Kier alpha value is -2.56. The normalized spacial score (nSPS) is 10.8. The van der Waals surface area contributed by atoms with Crippen LogP contribution in [0.25, 0.3) is 11.0 Å². The lowest BCUT2D eigenvalue weighted by Gasteiger charge is -2.12. The van der Waals surface area contributed by atoms with E-state index in [0.717, 1.165) is 39.8 Å². The third-order valence-corrected chi connectivity index (χ3v) is 3.17. The quantitative estimate of drug-likeness (QED) is 0.765. The zero-order valence-electron chi connectivity index (χ0n) is 12.4. The molecule has 21 heavy (non-hydrogen) atoms. The average molecular weight is 282 g/mol. The van der Waals surface area contributed by atoms with Crippen molar-refractivity contribution in [2.24, 2.45) is 0 Å². The van der Waals surface area contributed by atoms with Crippen LogP contribution < -0.4 is 10.1 Å². The minimum absolute atomic E-state index is 0.625. The van der Waals surface area contributed by atoms with Gasteiger partial charge in [-0.3, -0.25) is 0 Å². The summed E-state index contributed by atoms with van der Waals surface area (Å²) < 4.78 is 5.64. The first-order chi connectivity index (χ1) is 10.2. The number of ether oxygens (including phenoxy) is 1. The van der Waals surface area contributed by atoms with Gasteiger partial charge in [-0.1, -0.05) is 12.1 Å². The summed E-state index contributed by atoms with van der Waals surface area (Å²) >= 11 is 0. The number of para-hydroxylation sites is 2. The molecule has 0 saturated heterocycles. The molecule has 0 fully saturated rings. The molecule has 2 heterocycles. The molecule has 0 aliphatic heterocycles. The number of nitrogens with one attached hydrogen (secondary N) is 2. The van der Waals surface area contributed by atoms with Gasteiger partial charge in [0.25, 0.3) is 0 Å². The Kier molecular flexibility index (Phi) is 3.48. The third-order valence-electron chi connectivity index (χ3n) is 3.17. The summed E-state index contributed by atoms with van der Waals surface area (Å²) in [5, 5.41) is 4.33. The van der Waals surface area contributed by atoms with Crippen LogP contribution in [0.2, 0.25) is 0 Å². The standard InChI is InChI=1S/C16H18N4O/c1-4-21-14-8-6-5-7-13(14)20-16-12-9-10(2)17-15(12)18-11(3)19-16/h5-9H,4H2,1-3H3,(H2,17,18,19,20). The molecule has 108 valence electrons. The van der Waals surface area contributed by atoms with Crippen molar-refractivity contribution in [1.82, 2.24) is 15.0 Å². The van der Waals surface area contributed by atoms with Crippen LogP contribution in [-0.2, 0) is 0 Å². The predicted molar refractivity (Wildman–Crippen MR) is 84.3 cm³/mol. The molecule has 0 bridgehead atoms. The molecule has 0 aliphatic rings. The number of aryl methyl sites for hydroxylation is 2. The van der Waals surface area contributed by atoms with Crippen LogP contribution in [0.5, 0.6) is 5.75 Å². The van der Waals surface area contributed by atoms with Crippen molar-refractivity contribution in [2.75, 3.05) is 11.9 Å². The highest BCUT2D eigenvalue weighted by Gasteiger charge is 2.10. The van der Waals surface area contributed by atoms with Gasteiger partial charge in [0.2, 0.25) is 0 Å². The van der Waals surface area contributed by atoms with Crippen LogP contribution >= 0.6 is 0 Å². The largest absolute Gasteiger partial charge is 0.492 e. The predicted octanol–water partition coefficient (Wildman–Crippen LogP) is 3.72. The van der Waals surface area contributed by atoms with E-state index in [2.05, 4.69) is 20.3 Å². The van der Waals surface area contributed by atoms with Gasteiger partial charge in [0.1, 0.15) is 23.0 Å². The highest BCUT2D eigenvalue weighted by Crippen LogP contribution is 2.30. The molecular weight excluding hydrogens is 264 g/mol. The lowest BCUT2D eigenvalue weighted by atomic mass is 10.2. The van der Waals surface area contributed by atoms with Crippen molar-refractivity contribution >= 4 is 22.5 Å². The monoisotopic (exact) mass is 282 g/mol. The average Bonchev–Trinajstić information content (AvgIpc) is 2.81. The first kappa shape index (κ1) is 13.4. The summed E-state index contributed by atoms with van der Waals surface area (Å²) in [6.07, 6.45) is 0. The van der Waals surface area contributed by atoms with Crippen LogP contribution in [0, 0.1) is 13.8 Å². The Labute approximate surface area is 123 Å². The summed E-state index contributed by atoms with van der Waals surface area (Å²) in [6.45, 7) is 6.49. The topological polar surface area (TPSA) is 62.8 Å². The van der Waals surface area contributed by atoms with Gasteiger partial charge in [-0.25, -0.2) is 9.97 Å². The van der Waals surface area contributed by atoms with Crippen LogP contribution in [0.4, 0.5) is 11.5 Å². The second-order valence-corrected chi connectivity index (χ2v) is 4.89. The van der Waals surface area contributed by atoms with Gasteiger partial charge in [0.15, 0.2) is 0 Å². The van der Waals surface area contributed by atoms with Crippen molar-refractivity contribution in [2.45, 2.75) is 20.8 Å². The second kappa shape index (κ2) is 5.44. The Morgan fingerprint density at radius 1 is 1.19 bits per heavy atom. The number of hydrogen-bond acceptors (Lipinski definition) is 4. The van der Waals surface area contributed by atoms with E-state index in [1.165, 1.54) is 0 Å². The van der Waals surface area contributed by atoms with E-state index >= 15 is 0 Å². The molecule has 0 radical (unpaired) electrons. The third kappa shape index (κ3) is 2.67. The van der Waals surface area contributed by atoms with Crippen LogP contribution in [-0.4, -0.2) is 21.6 Å². The minimum Gasteiger partial charge on any atom is -0.492 e. The fourth-order valence-corrected chi connectivity index (χ4v) is 2.33. The molecule has 5 heteroatoms. The van der Waals surface area contributed by atoms with Crippen molar-refractivity contribution in [3.8, 4) is 5.75 Å². The van der Waals surface area contributed by atoms with Crippen molar-refractivity contribution in [3.63, 3.8) is 0 Å². The molecule has 3 rings (SSSR count). The summed E-state index contributed by atoms with van der Waals surface area (Å²) in [6, 6.07) is 9.89. The number of rotatable bonds is 4. The molecule has 0 unspecified atom stereocenters. The molecule has 0 atom stereocenters. The van der Waals surface area contributed by atoms with E-state index in [9.17, 15) is 0 Å². The molecule has 0 amide bonds. The first-order valence-electron chi connectivity index (χ1n) is 7.00. The zero-order chi connectivity index (χ0) is 14.8. The van der Waals surface area contributed by atoms with Gasteiger partial charge in [0, 0.05) is 5.69 Å². The SMILES string of the molecule is CCOc1ccccc1Nc1nc(C)nc2[nH]c(C)cc12. The number of aromatic nitrogens is 3. The molecule has 5 nitrogen and oxygen atoms in total. The van der Waals surface area contributed by atoms with Gasteiger partial charge in [0.05, 0.1) is 17.7 Å². The number of fused-ring (bicyclic) bond motifs is 1. The minimum atomic E-state index is 0.625. The summed E-state index contributed by atoms with van der Waals surface area (Å²) in [5.41, 5.74) is 2.81. The van der Waals surface area contributed by atoms with E-state index in [1.807, 2.05) is 51.1 Å². The summed E-state index contributed by atoms with van der Waals surface area (Å²) in [5.74, 6) is 2.33. The lowest BCUT2D eigenvalue weighted by molar-refractivity contribution is 0.342. The van der Waals surface area contributed by atoms with E-state index in [0.29, 0.717) is 6.61 Å². The number of hydrogen-bond donors (Lipinski definition) is 2. The maximum Gasteiger partial charge on any atom is 0.143 e. The van der Waals surface area contributed by atoms with Gasteiger partial charge >= 0.3 is 0 Å². The van der Waals surface area contributed by atoms with Crippen molar-refractivity contribution in [1.29, 1.82) is 0 Å².